The summed E-state index contributed by atoms with van der Waals surface area (Å²) < 4.78 is 36.8. The largest absolute Gasteiger partial charge is 0.435 e. The van der Waals surface area contributed by atoms with Gasteiger partial charge in [0.15, 0.2) is 5.69 Å². The normalized spacial score (nSPS) is 17.7. The number of hydrogen-bond acceptors (Lipinski definition) is 4. The summed E-state index contributed by atoms with van der Waals surface area (Å²) in [4.78, 5) is 0. The summed E-state index contributed by atoms with van der Waals surface area (Å²) in [5.41, 5.74) is -0.956. The van der Waals surface area contributed by atoms with Gasteiger partial charge in [0.05, 0.1) is 0 Å². The Kier molecular flexibility index (Phi) is 4.31. The molecular weight excluding hydrogens is 263 g/mol. The molecule has 1 aromatic rings. The third kappa shape index (κ3) is 3.76. The molecule has 7 heteroatoms. The van der Waals surface area contributed by atoms with Gasteiger partial charge in [0.1, 0.15) is 5.82 Å². The minimum atomic E-state index is -4.42. The highest BCUT2D eigenvalue weighted by Gasteiger charge is 2.32. The van der Waals surface area contributed by atoms with Gasteiger partial charge in [-0.05, 0) is 42.4 Å². The first kappa shape index (κ1) is 13.5. The Balaban J connectivity index is 1.86. The maximum absolute atomic E-state index is 12.3. The Morgan fingerprint density at radius 1 is 1.22 bits per heavy atom. The summed E-state index contributed by atoms with van der Waals surface area (Å²) >= 11 is 1.94. The first-order valence-electron chi connectivity index (χ1n) is 5.78. The standard InChI is InChI=1S/C11H14F3N3S/c12-11(13,14)9-1-2-10(17-16-9)15-7-8-3-5-18-6-4-8/h1-2,8H,3-7H2,(H,15,17). The molecule has 0 amide bonds. The van der Waals surface area contributed by atoms with E-state index in [-0.39, 0.29) is 0 Å². The zero-order chi connectivity index (χ0) is 13.0. The molecule has 0 aliphatic carbocycles. The molecule has 0 spiro atoms. The Labute approximate surface area is 108 Å². The van der Waals surface area contributed by atoms with E-state index in [0.29, 0.717) is 11.7 Å². The molecule has 100 valence electrons. The fourth-order valence-corrected chi connectivity index (χ4v) is 2.98. The lowest BCUT2D eigenvalue weighted by Crippen LogP contribution is -2.20. The average Bonchev–Trinajstić information content (AvgIpc) is 2.37. The van der Waals surface area contributed by atoms with Gasteiger partial charge in [0.2, 0.25) is 0 Å². The van der Waals surface area contributed by atoms with Crippen molar-refractivity contribution >= 4 is 17.6 Å². The van der Waals surface area contributed by atoms with Crippen molar-refractivity contribution in [2.75, 3.05) is 23.4 Å². The highest BCUT2D eigenvalue weighted by Crippen LogP contribution is 2.27. The van der Waals surface area contributed by atoms with Gasteiger partial charge in [-0.2, -0.15) is 24.9 Å². The van der Waals surface area contributed by atoms with Crippen molar-refractivity contribution in [3.05, 3.63) is 17.8 Å². The van der Waals surface area contributed by atoms with Crippen molar-refractivity contribution in [3.8, 4) is 0 Å². The SMILES string of the molecule is FC(F)(F)c1ccc(NCC2CCSCC2)nn1. The number of hydrogen-bond donors (Lipinski definition) is 1. The van der Waals surface area contributed by atoms with Crippen LogP contribution in [0.2, 0.25) is 0 Å². The molecule has 0 atom stereocenters. The fraction of sp³-hybridized carbons (Fsp3) is 0.636. The maximum atomic E-state index is 12.3. The summed E-state index contributed by atoms with van der Waals surface area (Å²) in [6, 6.07) is 2.28. The Morgan fingerprint density at radius 3 is 2.50 bits per heavy atom. The molecule has 3 nitrogen and oxygen atoms in total. The van der Waals surface area contributed by atoms with Crippen LogP contribution in [0.25, 0.3) is 0 Å². The number of thioether (sulfide) groups is 1. The zero-order valence-corrected chi connectivity index (χ0v) is 10.5. The van der Waals surface area contributed by atoms with Gasteiger partial charge in [-0.15, -0.1) is 10.2 Å². The lowest BCUT2D eigenvalue weighted by molar-refractivity contribution is -0.141. The second-order valence-corrected chi connectivity index (χ2v) is 5.46. The average molecular weight is 277 g/mol. The van der Waals surface area contributed by atoms with E-state index in [0.717, 1.165) is 37.0 Å². The van der Waals surface area contributed by atoms with Crippen molar-refractivity contribution in [2.45, 2.75) is 19.0 Å². The van der Waals surface area contributed by atoms with E-state index in [1.165, 1.54) is 6.07 Å². The van der Waals surface area contributed by atoms with E-state index in [1.54, 1.807) is 0 Å². The molecule has 18 heavy (non-hydrogen) atoms. The monoisotopic (exact) mass is 277 g/mol. The van der Waals surface area contributed by atoms with E-state index in [1.807, 2.05) is 11.8 Å². The van der Waals surface area contributed by atoms with E-state index in [2.05, 4.69) is 15.5 Å². The summed E-state index contributed by atoms with van der Waals surface area (Å²) in [6.45, 7) is 0.751. The summed E-state index contributed by atoms with van der Waals surface area (Å²) in [7, 11) is 0. The van der Waals surface area contributed by atoms with Crippen LogP contribution in [0.4, 0.5) is 19.0 Å². The molecule has 0 radical (unpaired) electrons. The zero-order valence-electron chi connectivity index (χ0n) is 9.70. The molecular formula is C11H14F3N3S. The van der Waals surface area contributed by atoms with Crippen LogP contribution in [-0.4, -0.2) is 28.2 Å². The molecule has 2 rings (SSSR count). The third-order valence-corrected chi connectivity index (χ3v) is 3.92. The van der Waals surface area contributed by atoms with Gasteiger partial charge in [-0.3, -0.25) is 0 Å². The van der Waals surface area contributed by atoms with Gasteiger partial charge < -0.3 is 5.32 Å². The number of halogens is 3. The molecule has 0 saturated carbocycles. The van der Waals surface area contributed by atoms with Crippen molar-refractivity contribution in [2.24, 2.45) is 5.92 Å². The van der Waals surface area contributed by atoms with E-state index >= 15 is 0 Å². The quantitative estimate of drug-likeness (QED) is 0.921. The van der Waals surface area contributed by atoms with Crippen molar-refractivity contribution < 1.29 is 13.2 Å². The molecule has 0 aromatic carbocycles. The van der Waals surface area contributed by atoms with Crippen LogP contribution in [0.3, 0.4) is 0 Å². The summed E-state index contributed by atoms with van der Waals surface area (Å²) in [5.74, 6) is 3.30. The van der Waals surface area contributed by atoms with Crippen LogP contribution in [0.15, 0.2) is 12.1 Å². The van der Waals surface area contributed by atoms with Gasteiger partial charge in [-0.25, -0.2) is 0 Å². The van der Waals surface area contributed by atoms with E-state index in [4.69, 9.17) is 0 Å². The smallest absolute Gasteiger partial charge is 0.368 e. The number of nitrogens with one attached hydrogen (secondary N) is 1. The molecule has 1 aliphatic rings. The van der Waals surface area contributed by atoms with Crippen molar-refractivity contribution in [3.63, 3.8) is 0 Å². The topological polar surface area (TPSA) is 37.8 Å². The summed E-state index contributed by atoms with van der Waals surface area (Å²) in [6.07, 6.45) is -2.14. The van der Waals surface area contributed by atoms with Crippen LogP contribution < -0.4 is 5.32 Å². The lowest BCUT2D eigenvalue weighted by atomic mass is 10.0. The predicted molar refractivity (Wildman–Crippen MR) is 65.6 cm³/mol. The number of nitrogens with zero attached hydrogens (tertiary/aromatic N) is 2. The second kappa shape index (κ2) is 5.77. The third-order valence-electron chi connectivity index (χ3n) is 2.87. The molecule has 1 fully saturated rings. The van der Waals surface area contributed by atoms with Gasteiger partial charge in [-0.1, -0.05) is 0 Å². The Hall–Kier alpha value is -0.980. The number of alkyl halides is 3. The number of anilines is 1. The van der Waals surface area contributed by atoms with Gasteiger partial charge >= 0.3 is 6.18 Å². The number of rotatable bonds is 3. The highest BCUT2D eigenvalue weighted by molar-refractivity contribution is 7.99. The van der Waals surface area contributed by atoms with E-state index in [9.17, 15) is 13.2 Å². The fourth-order valence-electron chi connectivity index (χ4n) is 1.78. The number of aromatic nitrogens is 2. The van der Waals surface area contributed by atoms with Crippen LogP contribution >= 0.6 is 11.8 Å². The molecule has 0 bridgehead atoms. The molecule has 2 heterocycles. The van der Waals surface area contributed by atoms with Crippen molar-refractivity contribution in [1.82, 2.24) is 10.2 Å². The first-order valence-corrected chi connectivity index (χ1v) is 6.94. The van der Waals surface area contributed by atoms with Gasteiger partial charge in [0.25, 0.3) is 0 Å². The molecule has 1 aliphatic heterocycles. The molecule has 1 N–H and O–H groups in total. The van der Waals surface area contributed by atoms with Crippen LogP contribution in [-0.2, 0) is 6.18 Å². The van der Waals surface area contributed by atoms with Gasteiger partial charge in [0, 0.05) is 6.54 Å². The molecule has 1 saturated heterocycles. The lowest BCUT2D eigenvalue weighted by Gasteiger charge is -2.21. The summed E-state index contributed by atoms with van der Waals surface area (Å²) in [5, 5.41) is 9.76. The van der Waals surface area contributed by atoms with E-state index < -0.39 is 11.9 Å². The van der Waals surface area contributed by atoms with Crippen molar-refractivity contribution in [1.29, 1.82) is 0 Å². The first-order chi connectivity index (χ1) is 8.55. The van der Waals surface area contributed by atoms with Crippen LogP contribution in [0.5, 0.6) is 0 Å². The highest BCUT2D eigenvalue weighted by atomic mass is 32.2. The predicted octanol–water partition coefficient (Wildman–Crippen LogP) is 3.05. The maximum Gasteiger partial charge on any atom is 0.435 e. The minimum Gasteiger partial charge on any atom is -0.368 e. The Bertz CT molecular complexity index is 374. The second-order valence-electron chi connectivity index (χ2n) is 4.24. The van der Waals surface area contributed by atoms with Crippen LogP contribution in [0, 0.1) is 5.92 Å². The van der Waals surface area contributed by atoms with Crippen LogP contribution in [0.1, 0.15) is 18.5 Å². The Morgan fingerprint density at radius 2 is 1.94 bits per heavy atom. The molecule has 0 unspecified atom stereocenters. The minimum absolute atomic E-state index is 0.404. The molecule has 1 aromatic heterocycles.